The molecule has 1 heterocycles. The summed E-state index contributed by atoms with van der Waals surface area (Å²) < 4.78 is 7.45. The first kappa shape index (κ1) is 15.4. The molecule has 0 radical (unpaired) electrons. The lowest BCUT2D eigenvalue weighted by atomic mass is 10.0. The van der Waals surface area contributed by atoms with Crippen LogP contribution in [0.1, 0.15) is 24.1 Å². The Bertz CT molecular complexity index is 592. The van der Waals surface area contributed by atoms with Gasteiger partial charge in [0.05, 0.1) is 18.8 Å². The van der Waals surface area contributed by atoms with Crippen molar-refractivity contribution in [1.82, 2.24) is 10.4 Å². The van der Waals surface area contributed by atoms with Gasteiger partial charge in [0.1, 0.15) is 5.75 Å². The molecule has 0 aliphatic rings. The molecule has 2 rings (SSSR count). The number of nitrogens with two attached hydrogens (primary N) is 1. The molecule has 20 heavy (non-hydrogen) atoms. The summed E-state index contributed by atoms with van der Waals surface area (Å²) >= 11 is 7.00. The first-order valence-corrected chi connectivity index (χ1v) is 7.73. The van der Waals surface area contributed by atoms with Crippen LogP contribution in [0.25, 0.3) is 0 Å². The van der Waals surface area contributed by atoms with Gasteiger partial charge in [0.2, 0.25) is 0 Å². The van der Waals surface area contributed by atoms with Crippen LogP contribution in [-0.4, -0.2) is 11.6 Å². The molecule has 106 valence electrons. The van der Waals surface area contributed by atoms with E-state index in [9.17, 15) is 0 Å². The molecule has 3 N–H and O–H groups in total. The minimum absolute atomic E-state index is 0.162. The minimum atomic E-state index is -0.162. The Morgan fingerprint density at radius 3 is 2.75 bits per heavy atom. The van der Waals surface area contributed by atoms with Gasteiger partial charge in [-0.15, -0.1) is 0 Å². The second-order valence-corrected chi connectivity index (χ2v) is 5.92. The quantitative estimate of drug-likeness (QED) is 0.595. The molecule has 0 spiro atoms. The summed E-state index contributed by atoms with van der Waals surface area (Å²) in [6.07, 6.45) is 3.47. The fourth-order valence-electron chi connectivity index (χ4n) is 1.94. The van der Waals surface area contributed by atoms with E-state index in [4.69, 9.17) is 10.6 Å². The molecule has 1 aromatic heterocycles. The van der Waals surface area contributed by atoms with E-state index in [0.29, 0.717) is 6.61 Å². The van der Waals surface area contributed by atoms with E-state index < -0.39 is 0 Å². The molecule has 2 aromatic rings. The highest BCUT2D eigenvalue weighted by Crippen LogP contribution is 2.31. The lowest BCUT2D eigenvalue weighted by molar-refractivity contribution is 0.338. The average Bonchev–Trinajstić information content (AvgIpc) is 2.43. The molecule has 4 nitrogen and oxygen atoms in total. The van der Waals surface area contributed by atoms with Crippen molar-refractivity contribution >= 4 is 31.9 Å². The monoisotopic (exact) mass is 399 g/mol. The highest BCUT2D eigenvalue weighted by Gasteiger charge is 2.16. The van der Waals surface area contributed by atoms with E-state index >= 15 is 0 Å². The molecular weight excluding hydrogens is 386 g/mol. The lowest BCUT2D eigenvalue weighted by Crippen LogP contribution is -2.29. The van der Waals surface area contributed by atoms with Gasteiger partial charge in [-0.05, 0) is 36.2 Å². The molecule has 0 amide bonds. The summed E-state index contributed by atoms with van der Waals surface area (Å²) in [5.41, 5.74) is 4.80. The van der Waals surface area contributed by atoms with Crippen molar-refractivity contribution in [3.63, 3.8) is 0 Å². The number of aromatic nitrogens is 1. The van der Waals surface area contributed by atoms with Gasteiger partial charge in [0, 0.05) is 15.1 Å². The Kier molecular flexibility index (Phi) is 5.54. The third-order valence-corrected chi connectivity index (χ3v) is 4.00. The van der Waals surface area contributed by atoms with Crippen LogP contribution >= 0.6 is 31.9 Å². The molecular formula is C14H15Br2N3O. The van der Waals surface area contributed by atoms with Crippen molar-refractivity contribution in [2.24, 2.45) is 5.84 Å². The van der Waals surface area contributed by atoms with E-state index in [1.54, 1.807) is 12.4 Å². The Labute approximate surface area is 135 Å². The fourth-order valence-corrected chi connectivity index (χ4v) is 3.22. The van der Waals surface area contributed by atoms with Crippen LogP contribution in [0.2, 0.25) is 0 Å². The minimum Gasteiger partial charge on any atom is -0.492 e. The maximum Gasteiger partial charge on any atom is 0.137 e. The summed E-state index contributed by atoms with van der Waals surface area (Å²) in [6.45, 7) is 2.55. The maximum atomic E-state index is 5.72. The first-order chi connectivity index (χ1) is 9.65. The molecule has 0 fully saturated rings. The van der Waals surface area contributed by atoms with Gasteiger partial charge in [-0.2, -0.15) is 0 Å². The number of hydrogen-bond donors (Lipinski definition) is 2. The summed E-state index contributed by atoms with van der Waals surface area (Å²) in [7, 11) is 0. The predicted molar refractivity (Wildman–Crippen MR) is 86.4 cm³/mol. The normalized spacial score (nSPS) is 12.2. The second kappa shape index (κ2) is 7.17. The molecule has 0 aliphatic carbocycles. The van der Waals surface area contributed by atoms with Crippen molar-refractivity contribution in [1.29, 1.82) is 0 Å². The molecule has 1 aromatic carbocycles. The molecule has 1 unspecified atom stereocenters. The second-order valence-electron chi connectivity index (χ2n) is 4.15. The number of halogens is 2. The van der Waals surface area contributed by atoms with Crippen LogP contribution in [-0.2, 0) is 0 Å². The van der Waals surface area contributed by atoms with Gasteiger partial charge in [0.25, 0.3) is 0 Å². The van der Waals surface area contributed by atoms with E-state index in [2.05, 4.69) is 42.3 Å². The SMILES string of the molecule is CCOc1cncc(C(NN)c2ccc(Br)cc2Br)c1. The molecule has 0 saturated heterocycles. The number of benzene rings is 1. The highest BCUT2D eigenvalue weighted by atomic mass is 79.9. The first-order valence-electron chi connectivity index (χ1n) is 6.14. The molecule has 0 saturated carbocycles. The van der Waals surface area contributed by atoms with Crippen LogP contribution in [0.5, 0.6) is 5.75 Å². The zero-order valence-electron chi connectivity index (χ0n) is 10.9. The Balaban J connectivity index is 2.38. The average molecular weight is 401 g/mol. The third kappa shape index (κ3) is 3.58. The van der Waals surface area contributed by atoms with Crippen molar-refractivity contribution in [2.75, 3.05) is 6.61 Å². The van der Waals surface area contributed by atoms with Gasteiger partial charge >= 0.3 is 0 Å². The van der Waals surface area contributed by atoms with Crippen LogP contribution in [0.3, 0.4) is 0 Å². The Hall–Kier alpha value is -0.950. The maximum absolute atomic E-state index is 5.72. The summed E-state index contributed by atoms with van der Waals surface area (Å²) in [5.74, 6) is 6.45. The zero-order chi connectivity index (χ0) is 14.5. The number of ether oxygens (including phenoxy) is 1. The van der Waals surface area contributed by atoms with Crippen LogP contribution in [0.15, 0.2) is 45.6 Å². The number of hydrogen-bond acceptors (Lipinski definition) is 4. The largest absolute Gasteiger partial charge is 0.492 e. The number of nitrogens with one attached hydrogen (secondary N) is 1. The van der Waals surface area contributed by atoms with Crippen molar-refractivity contribution in [3.8, 4) is 5.75 Å². The highest BCUT2D eigenvalue weighted by molar-refractivity contribution is 9.11. The summed E-state index contributed by atoms with van der Waals surface area (Å²) in [6, 6.07) is 7.75. The number of pyridine rings is 1. The molecule has 1 atom stereocenters. The predicted octanol–water partition coefficient (Wildman–Crippen LogP) is 3.56. The zero-order valence-corrected chi connectivity index (χ0v) is 14.1. The molecule has 0 aliphatic heterocycles. The van der Waals surface area contributed by atoms with Crippen molar-refractivity contribution in [2.45, 2.75) is 13.0 Å². The summed E-state index contributed by atoms with van der Waals surface area (Å²) in [5, 5.41) is 0. The van der Waals surface area contributed by atoms with Gasteiger partial charge in [-0.1, -0.05) is 37.9 Å². The molecule has 0 bridgehead atoms. The number of hydrazine groups is 1. The molecule has 6 heteroatoms. The Morgan fingerprint density at radius 1 is 1.30 bits per heavy atom. The number of rotatable bonds is 5. The van der Waals surface area contributed by atoms with Gasteiger partial charge in [0.15, 0.2) is 0 Å². The van der Waals surface area contributed by atoms with Gasteiger partial charge in [-0.3, -0.25) is 10.8 Å². The van der Waals surface area contributed by atoms with E-state index in [0.717, 1.165) is 25.8 Å². The fraction of sp³-hybridized carbons (Fsp3) is 0.214. The third-order valence-electron chi connectivity index (χ3n) is 2.82. The lowest BCUT2D eigenvalue weighted by Gasteiger charge is -2.19. The van der Waals surface area contributed by atoms with E-state index in [-0.39, 0.29) is 6.04 Å². The smallest absolute Gasteiger partial charge is 0.137 e. The summed E-state index contributed by atoms with van der Waals surface area (Å²) in [4.78, 5) is 4.20. The Morgan fingerprint density at radius 2 is 2.10 bits per heavy atom. The topological polar surface area (TPSA) is 60.2 Å². The number of nitrogens with zero attached hydrogens (tertiary/aromatic N) is 1. The van der Waals surface area contributed by atoms with Crippen LogP contribution < -0.4 is 16.0 Å². The van der Waals surface area contributed by atoms with Crippen LogP contribution in [0.4, 0.5) is 0 Å². The van der Waals surface area contributed by atoms with Gasteiger partial charge in [-0.25, -0.2) is 5.43 Å². The standard InChI is InChI=1S/C14H15Br2N3O/c1-2-20-11-5-9(7-18-8-11)14(19-17)12-4-3-10(15)6-13(12)16/h3-8,14,19H,2,17H2,1H3. The van der Waals surface area contributed by atoms with Crippen molar-refractivity contribution < 1.29 is 4.74 Å². The van der Waals surface area contributed by atoms with Crippen LogP contribution in [0, 0.1) is 0 Å². The van der Waals surface area contributed by atoms with Crippen molar-refractivity contribution in [3.05, 3.63) is 56.7 Å². The van der Waals surface area contributed by atoms with E-state index in [1.165, 1.54) is 0 Å². The van der Waals surface area contributed by atoms with Gasteiger partial charge < -0.3 is 4.74 Å². The van der Waals surface area contributed by atoms with E-state index in [1.807, 2.05) is 31.2 Å².